The average Bonchev–Trinajstić information content (AvgIpc) is 3.69. The molecule has 5 heterocycles. The third-order valence-corrected chi connectivity index (χ3v) is 10.2. The van der Waals surface area contributed by atoms with Gasteiger partial charge in [0.1, 0.15) is 29.5 Å². The first-order valence-electron chi connectivity index (χ1n) is 16.3. The number of nitrogens with zero attached hydrogens (tertiary/aromatic N) is 7. The van der Waals surface area contributed by atoms with Crippen molar-refractivity contribution in [2.75, 3.05) is 31.1 Å². The van der Waals surface area contributed by atoms with Crippen molar-refractivity contribution in [1.82, 2.24) is 29.9 Å². The third-order valence-electron chi connectivity index (χ3n) is 10.2. The van der Waals surface area contributed by atoms with Gasteiger partial charge < -0.3 is 14.7 Å². The SMILES string of the molecule is CCc1c(F)ccc2cc(O)cc(-c3ccc4c(N5CCCn6nncc6C5)nc(OC[C@@]56CCCN5C[C@H](C)C6)nc4c3F)c12. The number of rotatable bonds is 6. The normalized spacial score (nSPS) is 21.6. The van der Waals surface area contributed by atoms with Crippen LogP contribution in [-0.2, 0) is 19.5 Å². The lowest BCUT2D eigenvalue weighted by molar-refractivity contribution is 0.107. The molecule has 2 fully saturated rings. The van der Waals surface area contributed by atoms with Crippen LogP contribution in [-0.4, -0.2) is 66.7 Å². The van der Waals surface area contributed by atoms with Crippen LogP contribution in [0.3, 0.4) is 0 Å². The molecule has 0 saturated carbocycles. The minimum Gasteiger partial charge on any atom is -0.508 e. The van der Waals surface area contributed by atoms with Crippen molar-refractivity contribution < 1.29 is 18.6 Å². The van der Waals surface area contributed by atoms with Crippen molar-refractivity contribution >= 4 is 27.5 Å². The van der Waals surface area contributed by atoms with Crippen LogP contribution in [0.5, 0.6) is 11.8 Å². The quantitative estimate of drug-likeness (QED) is 0.237. The topological polar surface area (TPSA) is 92.4 Å². The molecule has 5 aromatic rings. The van der Waals surface area contributed by atoms with Crippen LogP contribution in [0, 0.1) is 17.6 Å². The van der Waals surface area contributed by atoms with Crippen molar-refractivity contribution in [3.05, 3.63) is 65.5 Å². The molecule has 8 rings (SSSR count). The Labute approximate surface area is 265 Å². The van der Waals surface area contributed by atoms with Gasteiger partial charge in [-0.05, 0) is 90.7 Å². The van der Waals surface area contributed by atoms with E-state index in [1.165, 1.54) is 12.1 Å². The molecule has 1 N–H and O–H groups in total. The van der Waals surface area contributed by atoms with Crippen molar-refractivity contribution in [1.29, 1.82) is 0 Å². The zero-order valence-electron chi connectivity index (χ0n) is 26.1. The van der Waals surface area contributed by atoms with Crippen molar-refractivity contribution in [3.63, 3.8) is 0 Å². The Morgan fingerprint density at radius 3 is 2.80 bits per heavy atom. The molecule has 9 nitrogen and oxygen atoms in total. The molecular weight excluding hydrogens is 588 g/mol. The van der Waals surface area contributed by atoms with E-state index in [1.807, 2.05) is 17.7 Å². The molecule has 11 heteroatoms. The van der Waals surface area contributed by atoms with Gasteiger partial charge in [-0.3, -0.25) is 4.90 Å². The largest absolute Gasteiger partial charge is 0.508 e. The van der Waals surface area contributed by atoms with Gasteiger partial charge in [0.15, 0.2) is 5.82 Å². The second kappa shape index (κ2) is 11.2. The van der Waals surface area contributed by atoms with E-state index in [1.54, 1.807) is 24.4 Å². The first kappa shape index (κ1) is 29.1. The summed E-state index contributed by atoms with van der Waals surface area (Å²) >= 11 is 0. The van der Waals surface area contributed by atoms with Gasteiger partial charge in [-0.2, -0.15) is 9.97 Å². The number of hydrogen-bond acceptors (Lipinski definition) is 8. The van der Waals surface area contributed by atoms with Gasteiger partial charge in [0, 0.05) is 30.6 Å². The number of aromatic hydroxyl groups is 1. The molecule has 2 saturated heterocycles. The fraction of sp³-hybridized carbons (Fsp3) is 0.429. The Morgan fingerprint density at radius 1 is 1.04 bits per heavy atom. The zero-order valence-corrected chi connectivity index (χ0v) is 26.1. The molecule has 3 aliphatic heterocycles. The molecule has 0 aliphatic carbocycles. The second-order valence-corrected chi connectivity index (χ2v) is 13.2. The number of aryl methyl sites for hydroxylation is 2. The van der Waals surface area contributed by atoms with Crippen LogP contribution < -0.4 is 9.64 Å². The Kier molecular flexibility index (Phi) is 7.04. The van der Waals surface area contributed by atoms with Gasteiger partial charge >= 0.3 is 6.01 Å². The number of anilines is 1. The Balaban J connectivity index is 1.28. The summed E-state index contributed by atoms with van der Waals surface area (Å²) in [5.41, 5.74) is 2.14. The number of phenolic OH excluding ortho intramolecular Hbond substituents is 1. The number of aromatic nitrogens is 5. The highest BCUT2D eigenvalue weighted by molar-refractivity contribution is 6.03. The second-order valence-electron chi connectivity index (χ2n) is 13.2. The van der Waals surface area contributed by atoms with E-state index in [2.05, 4.69) is 27.0 Å². The average molecular weight is 626 g/mol. The van der Waals surface area contributed by atoms with Crippen LogP contribution in [0.2, 0.25) is 0 Å². The van der Waals surface area contributed by atoms with E-state index in [9.17, 15) is 5.11 Å². The third kappa shape index (κ3) is 4.74. The number of halogens is 2. The van der Waals surface area contributed by atoms with Gasteiger partial charge in [-0.25, -0.2) is 13.5 Å². The molecule has 46 heavy (non-hydrogen) atoms. The number of phenols is 1. The lowest BCUT2D eigenvalue weighted by atomic mass is 9.91. The van der Waals surface area contributed by atoms with Gasteiger partial charge in [-0.15, -0.1) is 5.10 Å². The molecule has 0 bridgehead atoms. The highest BCUT2D eigenvalue weighted by atomic mass is 19.1. The standard InChI is InChI=1S/C35H37F2N7O2/c1-3-25-29(36)9-6-22-14-24(45)15-28(30(22)25)26-7-8-27-32(31(26)37)39-34(46-20-35-10-4-12-43(35)18-21(2)16-35)40-33(27)42-11-5-13-44-23(19-42)17-38-41-44/h6-9,14-15,17,21,45H,3-5,10-13,16,18-20H2,1-2H3/t21-,35+/m1/s1. The first-order valence-corrected chi connectivity index (χ1v) is 16.3. The molecule has 0 radical (unpaired) electrons. The summed E-state index contributed by atoms with van der Waals surface area (Å²) < 4.78 is 40.3. The minimum absolute atomic E-state index is 0.0241. The van der Waals surface area contributed by atoms with E-state index >= 15 is 8.78 Å². The van der Waals surface area contributed by atoms with Crippen LogP contribution in [0.1, 0.15) is 50.8 Å². The van der Waals surface area contributed by atoms with Crippen molar-refractivity contribution in [2.45, 2.75) is 64.6 Å². The molecule has 2 aromatic heterocycles. The summed E-state index contributed by atoms with van der Waals surface area (Å²) in [7, 11) is 0. The van der Waals surface area contributed by atoms with E-state index in [4.69, 9.17) is 14.7 Å². The minimum atomic E-state index is -0.569. The summed E-state index contributed by atoms with van der Waals surface area (Å²) in [5, 5.41) is 20.7. The maximum Gasteiger partial charge on any atom is 0.319 e. The first-order chi connectivity index (χ1) is 22.3. The fourth-order valence-electron chi connectivity index (χ4n) is 8.17. The lowest BCUT2D eigenvalue weighted by Gasteiger charge is -2.31. The van der Waals surface area contributed by atoms with E-state index in [-0.39, 0.29) is 34.2 Å². The smallest absolute Gasteiger partial charge is 0.319 e. The van der Waals surface area contributed by atoms with Crippen molar-refractivity contribution in [3.8, 4) is 22.9 Å². The van der Waals surface area contributed by atoms with Crippen LogP contribution in [0.15, 0.2) is 42.6 Å². The summed E-state index contributed by atoms with van der Waals surface area (Å²) in [6, 6.07) is 9.73. The van der Waals surface area contributed by atoms with Crippen LogP contribution in [0.25, 0.3) is 32.8 Å². The maximum atomic E-state index is 17.0. The van der Waals surface area contributed by atoms with Gasteiger partial charge in [0.05, 0.1) is 24.0 Å². The molecule has 0 unspecified atom stereocenters. The molecule has 0 amide bonds. The number of ether oxygens (including phenoxy) is 1. The van der Waals surface area contributed by atoms with E-state index in [0.717, 1.165) is 51.0 Å². The number of fused-ring (bicyclic) bond motifs is 4. The highest BCUT2D eigenvalue weighted by Gasteiger charge is 2.47. The lowest BCUT2D eigenvalue weighted by Crippen LogP contribution is -2.43. The highest BCUT2D eigenvalue weighted by Crippen LogP contribution is 2.43. The van der Waals surface area contributed by atoms with Crippen LogP contribution in [0.4, 0.5) is 14.6 Å². The summed E-state index contributed by atoms with van der Waals surface area (Å²) in [4.78, 5) is 14.3. The van der Waals surface area contributed by atoms with Gasteiger partial charge in [0.25, 0.3) is 0 Å². The molecular formula is C35H37F2N7O2. The van der Waals surface area contributed by atoms with E-state index in [0.29, 0.717) is 65.1 Å². The Bertz CT molecular complexity index is 1980. The molecule has 0 spiro atoms. The number of benzene rings is 3. The predicted molar refractivity (Wildman–Crippen MR) is 172 cm³/mol. The van der Waals surface area contributed by atoms with Gasteiger partial charge in [-0.1, -0.05) is 31.2 Å². The summed E-state index contributed by atoms with van der Waals surface area (Å²) in [6.07, 6.45) is 6.22. The Morgan fingerprint density at radius 2 is 1.93 bits per heavy atom. The van der Waals surface area contributed by atoms with E-state index < -0.39 is 5.82 Å². The number of hydrogen-bond donors (Lipinski definition) is 1. The molecule has 238 valence electrons. The maximum absolute atomic E-state index is 17.0. The molecule has 3 aliphatic rings. The zero-order chi connectivity index (χ0) is 31.6. The molecule has 2 atom stereocenters. The monoisotopic (exact) mass is 625 g/mol. The Hall–Kier alpha value is -4.38. The van der Waals surface area contributed by atoms with Crippen molar-refractivity contribution in [2.24, 2.45) is 5.92 Å². The molecule has 3 aromatic carbocycles. The summed E-state index contributed by atoms with van der Waals surface area (Å²) in [6.45, 7) is 8.62. The predicted octanol–water partition coefficient (Wildman–Crippen LogP) is 6.25. The van der Waals surface area contributed by atoms with Gasteiger partial charge in [0.2, 0.25) is 0 Å². The van der Waals surface area contributed by atoms with Crippen LogP contribution >= 0.6 is 0 Å². The fourth-order valence-corrected chi connectivity index (χ4v) is 8.17. The summed E-state index contributed by atoms with van der Waals surface area (Å²) in [5.74, 6) is 0.217.